The number of rotatable bonds is 4. The van der Waals surface area contributed by atoms with Crippen molar-refractivity contribution in [2.75, 3.05) is 13.6 Å². The molecule has 20 heavy (non-hydrogen) atoms. The SMILES string of the molecule is CCc1cc2c([nH]c3ccccc32)c(C)c1CCNC. The molecule has 0 fully saturated rings. The van der Waals surface area contributed by atoms with E-state index in [1.165, 1.54) is 38.5 Å². The van der Waals surface area contributed by atoms with Gasteiger partial charge in [-0.25, -0.2) is 0 Å². The third-order valence-electron chi connectivity index (χ3n) is 4.29. The quantitative estimate of drug-likeness (QED) is 0.735. The number of hydrogen-bond acceptors (Lipinski definition) is 1. The van der Waals surface area contributed by atoms with Crippen LogP contribution in [0, 0.1) is 6.92 Å². The highest BCUT2D eigenvalue weighted by Crippen LogP contribution is 2.31. The lowest BCUT2D eigenvalue weighted by Crippen LogP contribution is -2.12. The minimum Gasteiger partial charge on any atom is -0.354 e. The topological polar surface area (TPSA) is 27.8 Å². The Kier molecular flexibility index (Phi) is 3.49. The number of aromatic nitrogens is 1. The molecule has 0 atom stereocenters. The van der Waals surface area contributed by atoms with Gasteiger partial charge in [0.15, 0.2) is 0 Å². The molecule has 0 saturated carbocycles. The Balaban J connectivity index is 2.30. The van der Waals surface area contributed by atoms with Gasteiger partial charge in [0.05, 0.1) is 0 Å². The summed E-state index contributed by atoms with van der Waals surface area (Å²) in [5, 5.41) is 5.96. The third-order valence-corrected chi connectivity index (χ3v) is 4.29. The second-order valence-electron chi connectivity index (χ2n) is 5.44. The average molecular weight is 266 g/mol. The fourth-order valence-electron chi connectivity index (χ4n) is 3.18. The van der Waals surface area contributed by atoms with E-state index in [1.54, 1.807) is 0 Å². The average Bonchev–Trinajstić information content (AvgIpc) is 2.85. The number of aromatic amines is 1. The van der Waals surface area contributed by atoms with Crippen LogP contribution in [0.15, 0.2) is 30.3 Å². The van der Waals surface area contributed by atoms with Gasteiger partial charge in [0.25, 0.3) is 0 Å². The molecule has 1 heterocycles. The maximum Gasteiger partial charge on any atom is 0.0497 e. The molecule has 0 amide bonds. The van der Waals surface area contributed by atoms with E-state index in [0.717, 1.165) is 19.4 Å². The van der Waals surface area contributed by atoms with Gasteiger partial charge in [0, 0.05) is 21.8 Å². The highest BCUT2D eigenvalue weighted by Gasteiger charge is 2.12. The summed E-state index contributed by atoms with van der Waals surface area (Å²) in [6, 6.07) is 11.0. The largest absolute Gasteiger partial charge is 0.354 e. The molecule has 0 bridgehead atoms. The van der Waals surface area contributed by atoms with E-state index in [1.807, 2.05) is 7.05 Å². The lowest BCUT2D eigenvalue weighted by atomic mass is 9.94. The Labute approximate surface area is 120 Å². The maximum atomic E-state index is 3.59. The number of H-pyrrole nitrogens is 1. The number of benzene rings is 2. The molecule has 0 aliphatic rings. The molecule has 3 aromatic rings. The number of likely N-dealkylation sites (N-methyl/N-ethyl adjacent to an activating group) is 1. The van der Waals surface area contributed by atoms with Crippen LogP contribution in [0.25, 0.3) is 21.8 Å². The standard InChI is InChI=1S/C18H22N2/c1-4-13-11-16-15-7-5-6-8-17(15)20-18(16)12(2)14(13)9-10-19-3/h5-8,11,19-20H,4,9-10H2,1-3H3. The Morgan fingerprint density at radius 1 is 1.15 bits per heavy atom. The predicted octanol–water partition coefficient (Wildman–Crippen LogP) is 3.95. The zero-order chi connectivity index (χ0) is 14.1. The van der Waals surface area contributed by atoms with Crippen LogP contribution in [-0.4, -0.2) is 18.6 Å². The van der Waals surface area contributed by atoms with Crippen molar-refractivity contribution in [1.82, 2.24) is 10.3 Å². The molecule has 0 radical (unpaired) electrons. The first-order chi connectivity index (χ1) is 9.76. The first kappa shape index (κ1) is 13.2. The van der Waals surface area contributed by atoms with Crippen LogP contribution in [0.2, 0.25) is 0 Å². The Morgan fingerprint density at radius 2 is 1.95 bits per heavy atom. The molecule has 0 spiro atoms. The van der Waals surface area contributed by atoms with Gasteiger partial charge in [0.1, 0.15) is 0 Å². The fraction of sp³-hybridized carbons (Fsp3) is 0.333. The monoisotopic (exact) mass is 266 g/mol. The Hall–Kier alpha value is -1.80. The predicted molar refractivity (Wildman–Crippen MR) is 87.6 cm³/mol. The van der Waals surface area contributed by atoms with Gasteiger partial charge in [-0.15, -0.1) is 0 Å². The number of para-hydroxylation sites is 1. The van der Waals surface area contributed by atoms with Gasteiger partial charge >= 0.3 is 0 Å². The van der Waals surface area contributed by atoms with E-state index in [2.05, 4.69) is 54.5 Å². The molecule has 0 unspecified atom stereocenters. The highest BCUT2D eigenvalue weighted by molar-refractivity contribution is 6.08. The summed E-state index contributed by atoms with van der Waals surface area (Å²) in [4.78, 5) is 3.59. The van der Waals surface area contributed by atoms with Gasteiger partial charge in [0.2, 0.25) is 0 Å². The maximum absolute atomic E-state index is 3.59. The first-order valence-electron chi connectivity index (χ1n) is 7.42. The normalized spacial score (nSPS) is 11.6. The molecule has 0 aliphatic carbocycles. The third kappa shape index (κ3) is 2.01. The molecule has 0 aliphatic heterocycles. The van der Waals surface area contributed by atoms with Gasteiger partial charge in [-0.05, 0) is 62.2 Å². The van der Waals surface area contributed by atoms with Crippen molar-refractivity contribution in [3.05, 3.63) is 47.0 Å². The van der Waals surface area contributed by atoms with Crippen molar-refractivity contribution in [1.29, 1.82) is 0 Å². The molecule has 0 saturated heterocycles. The van der Waals surface area contributed by atoms with E-state index in [4.69, 9.17) is 0 Å². The fourth-order valence-corrected chi connectivity index (χ4v) is 3.18. The van der Waals surface area contributed by atoms with Crippen molar-refractivity contribution in [2.24, 2.45) is 0 Å². The van der Waals surface area contributed by atoms with Gasteiger partial charge in [-0.1, -0.05) is 25.1 Å². The molecule has 1 aromatic heterocycles. The van der Waals surface area contributed by atoms with Crippen LogP contribution in [0.1, 0.15) is 23.6 Å². The molecule has 2 heteroatoms. The minimum absolute atomic E-state index is 1.03. The van der Waals surface area contributed by atoms with Crippen LogP contribution >= 0.6 is 0 Å². The van der Waals surface area contributed by atoms with E-state index >= 15 is 0 Å². The molecule has 3 rings (SSSR count). The summed E-state index contributed by atoms with van der Waals surface area (Å²) in [5.74, 6) is 0. The smallest absolute Gasteiger partial charge is 0.0497 e. The Morgan fingerprint density at radius 3 is 2.70 bits per heavy atom. The second kappa shape index (κ2) is 5.29. The minimum atomic E-state index is 1.03. The van der Waals surface area contributed by atoms with Gasteiger partial charge < -0.3 is 10.3 Å². The summed E-state index contributed by atoms with van der Waals surface area (Å²) in [5.41, 5.74) is 6.93. The zero-order valence-electron chi connectivity index (χ0n) is 12.5. The van der Waals surface area contributed by atoms with E-state index in [9.17, 15) is 0 Å². The van der Waals surface area contributed by atoms with Crippen LogP contribution in [0.5, 0.6) is 0 Å². The lowest BCUT2D eigenvalue weighted by Gasteiger charge is -2.13. The lowest BCUT2D eigenvalue weighted by molar-refractivity contribution is 0.783. The van der Waals surface area contributed by atoms with Crippen molar-refractivity contribution in [3.8, 4) is 0 Å². The van der Waals surface area contributed by atoms with Crippen LogP contribution < -0.4 is 5.32 Å². The Bertz CT molecular complexity index is 753. The molecule has 2 N–H and O–H groups in total. The van der Waals surface area contributed by atoms with Crippen molar-refractivity contribution in [2.45, 2.75) is 26.7 Å². The number of aryl methyl sites for hydroxylation is 2. The first-order valence-corrected chi connectivity index (χ1v) is 7.42. The van der Waals surface area contributed by atoms with Crippen LogP contribution in [0.4, 0.5) is 0 Å². The number of hydrogen-bond donors (Lipinski definition) is 2. The zero-order valence-corrected chi connectivity index (χ0v) is 12.5. The summed E-state index contributed by atoms with van der Waals surface area (Å²) >= 11 is 0. The number of nitrogens with one attached hydrogen (secondary N) is 2. The summed E-state index contributed by atoms with van der Waals surface area (Å²) in [6.07, 6.45) is 2.19. The van der Waals surface area contributed by atoms with E-state index < -0.39 is 0 Å². The van der Waals surface area contributed by atoms with Crippen molar-refractivity contribution in [3.63, 3.8) is 0 Å². The highest BCUT2D eigenvalue weighted by atomic mass is 14.8. The van der Waals surface area contributed by atoms with Crippen molar-refractivity contribution >= 4 is 21.8 Å². The van der Waals surface area contributed by atoms with E-state index in [-0.39, 0.29) is 0 Å². The van der Waals surface area contributed by atoms with Crippen molar-refractivity contribution < 1.29 is 0 Å². The summed E-state index contributed by atoms with van der Waals surface area (Å²) in [6.45, 7) is 5.53. The molecule has 2 nitrogen and oxygen atoms in total. The van der Waals surface area contributed by atoms with Crippen LogP contribution in [-0.2, 0) is 12.8 Å². The second-order valence-corrected chi connectivity index (χ2v) is 5.44. The molecule has 2 aromatic carbocycles. The molecular weight excluding hydrogens is 244 g/mol. The van der Waals surface area contributed by atoms with E-state index in [0.29, 0.717) is 0 Å². The van der Waals surface area contributed by atoms with Gasteiger partial charge in [-0.3, -0.25) is 0 Å². The number of fused-ring (bicyclic) bond motifs is 3. The molecule has 104 valence electrons. The summed E-state index contributed by atoms with van der Waals surface area (Å²) in [7, 11) is 2.02. The van der Waals surface area contributed by atoms with Crippen LogP contribution in [0.3, 0.4) is 0 Å². The van der Waals surface area contributed by atoms with Gasteiger partial charge in [-0.2, -0.15) is 0 Å². The summed E-state index contributed by atoms with van der Waals surface area (Å²) < 4.78 is 0. The molecular formula is C18H22N2.